The van der Waals surface area contributed by atoms with Crippen LogP contribution in [-0.2, 0) is 6.42 Å². The van der Waals surface area contributed by atoms with Gasteiger partial charge in [-0.1, -0.05) is 0 Å². The van der Waals surface area contributed by atoms with Crippen LogP contribution in [0.15, 0.2) is 12.1 Å². The molecule has 1 unspecified atom stereocenters. The van der Waals surface area contributed by atoms with Crippen LogP contribution in [0.1, 0.15) is 34.8 Å². The predicted molar refractivity (Wildman–Crippen MR) is 64.1 cm³/mol. The molecule has 1 aliphatic carbocycles. The van der Waals surface area contributed by atoms with Crippen LogP contribution < -0.4 is 4.74 Å². The van der Waals surface area contributed by atoms with Crippen molar-refractivity contribution >= 4 is 5.78 Å². The van der Waals surface area contributed by atoms with Gasteiger partial charge in [-0.15, -0.1) is 0 Å². The monoisotopic (exact) mass is 229 g/mol. The minimum absolute atomic E-state index is 0.0630. The zero-order valence-corrected chi connectivity index (χ0v) is 10.3. The minimum Gasteiger partial charge on any atom is -0.496 e. The lowest BCUT2D eigenvalue weighted by Crippen LogP contribution is -2.32. The topological polar surface area (TPSA) is 50.1 Å². The van der Waals surface area contributed by atoms with E-state index in [1.165, 1.54) is 0 Å². The van der Waals surface area contributed by atoms with E-state index in [0.29, 0.717) is 12.0 Å². The van der Waals surface area contributed by atoms with Crippen LogP contribution in [0.5, 0.6) is 5.75 Å². The predicted octanol–water partition coefficient (Wildman–Crippen LogP) is 2.66. The van der Waals surface area contributed by atoms with Gasteiger partial charge in [0.05, 0.1) is 13.2 Å². The molecular formula is C14H15NO2. The number of ether oxygens (including phenoxy) is 1. The Morgan fingerprint density at radius 2 is 2.18 bits per heavy atom. The van der Waals surface area contributed by atoms with Gasteiger partial charge in [-0.25, -0.2) is 0 Å². The summed E-state index contributed by atoms with van der Waals surface area (Å²) in [6.07, 6.45) is 1.34. The third-order valence-corrected chi connectivity index (χ3v) is 3.64. The van der Waals surface area contributed by atoms with Crippen LogP contribution in [0.2, 0.25) is 0 Å². The summed E-state index contributed by atoms with van der Waals surface area (Å²) >= 11 is 0. The maximum atomic E-state index is 12.3. The fourth-order valence-electron chi connectivity index (χ4n) is 2.38. The Balaban J connectivity index is 2.58. The van der Waals surface area contributed by atoms with Crippen LogP contribution in [-0.4, -0.2) is 12.9 Å². The highest BCUT2D eigenvalue weighted by molar-refractivity contribution is 6.04. The Kier molecular flexibility index (Phi) is 2.66. The summed E-state index contributed by atoms with van der Waals surface area (Å²) in [6.45, 7) is 3.68. The summed E-state index contributed by atoms with van der Waals surface area (Å²) in [5, 5.41) is 9.12. The number of carbonyl (C=O) groups is 1. The lowest BCUT2D eigenvalue weighted by Gasteiger charge is -2.28. The second kappa shape index (κ2) is 3.89. The maximum absolute atomic E-state index is 12.3. The van der Waals surface area contributed by atoms with Gasteiger partial charge in [0.25, 0.3) is 0 Å². The number of methoxy groups -OCH3 is 1. The number of rotatable bonds is 1. The number of hydrogen-bond acceptors (Lipinski definition) is 3. The Hall–Kier alpha value is -1.82. The Labute approximate surface area is 101 Å². The van der Waals surface area contributed by atoms with Gasteiger partial charge in [0.1, 0.15) is 11.2 Å². The lowest BCUT2D eigenvalue weighted by molar-refractivity contribution is 0.0854. The van der Waals surface area contributed by atoms with Gasteiger partial charge in [-0.05, 0) is 49.9 Å². The first kappa shape index (κ1) is 11.7. The Morgan fingerprint density at radius 1 is 1.47 bits per heavy atom. The first-order chi connectivity index (χ1) is 8.03. The smallest absolute Gasteiger partial charge is 0.183 e. The summed E-state index contributed by atoms with van der Waals surface area (Å²) in [7, 11) is 1.62. The first-order valence-corrected chi connectivity index (χ1v) is 5.66. The molecule has 3 heteroatoms. The van der Waals surface area contributed by atoms with Crippen molar-refractivity contribution in [2.24, 2.45) is 5.41 Å². The van der Waals surface area contributed by atoms with Gasteiger partial charge in [-0.3, -0.25) is 4.79 Å². The molecule has 1 aliphatic rings. The molecule has 0 saturated carbocycles. The number of ketones is 1. The van der Waals surface area contributed by atoms with E-state index in [-0.39, 0.29) is 5.78 Å². The number of nitriles is 1. The molecule has 0 N–H and O–H groups in total. The molecule has 0 amide bonds. The fourth-order valence-corrected chi connectivity index (χ4v) is 2.38. The van der Waals surface area contributed by atoms with Gasteiger partial charge < -0.3 is 4.74 Å². The molecule has 2 rings (SSSR count). The molecule has 1 aromatic rings. The number of carbonyl (C=O) groups excluding carboxylic acids is 1. The number of benzene rings is 1. The first-order valence-electron chi connectivity index (χ1n) is 5.66. The van der Waals surface area contributed by atoms with Gasteiger partial charge in [-0.2, -0.15) is 5.26 Å². The molecule has 88 valence electrons. The van der Waals surface area contributed by atoms with E-state index >= 15 is 0 Å². The van der Waals surface area contributed by atoms with E-state index < -0.39 is 5.41 Å². The largest absolute Gasteiger partial charge is 0.496 e. The Bertz CT molecular complexity index is 528. The van der Waals surface area contributed by atoms with Crippen LogP contribution in [0.3, 0.4) is 0 Å². The van der Waals surface area contributed by atoms with Gasteiger partial charge in [0.15, 0.2) is 5.78 Å². The van der Waals surface area contributed by atoms with Crippen molar-refractivity contribution in [1.82, 2.24) is 0 Å². The molecule has 17 heavy (non-hydrogen) atoms. The SMILES string of the molecule is COc1ccc2c(c1C)CCC(C)(C#N)C2=O. The molecule has 3 nitrogen and oxygen atoms in total. The minimum atomic E-state index is -0.867. The van der Waals surface area contributed by atoms with E-state index in [9.17, 15) is 4.79 Å². The number of Topliss-reactive ketones (excluding diaryl/α,β-unsaturated/α-hetero) is 1. The Morgan fingerprint density at radius 3 is 2.76 bits per heavy atom. The highest BCUT2D eigenvalue weighted by Gasteiger charge is 2.39. The van der Waals surface area contributed by atoms with Gasteiger partial charge in [0.2, 0.25) is 0 Å². The van der Waals surface area contributed by atoms with Gasteiger partial charge >= 0.3 is 0 Å². The zero-order valence-electron chi connectivity index (χ0n) is 10.3. The summed E-state index contributed by atoms with van der Waals surface area (Å²) in [5.41, 5.74) is 1.85. The molecule has 0 heterocycles. The number of fused-ring (bicyclic) bond motifs is 1. The van der Waals surface area contributed by atoms with Crippen molar-refractivity contribution in [1.29, 1.82) is 5.26 Å². The van der Waals surface area contributed by atoms with Gasteiger partial charge in [0, 0.05) is 5.56 Å². The fraction of sp³-hybridized carbons (Fsp3) is 0.429. The standard InChI is InChI=1S/C14H15NO2/c1-9-10-6-7-14(2,8-15)13(16)11(10)4-5-12(9)17-3/h4-5H,6-7H2,1-3H3. The molecule has 0 aromatic heterocycles. The quantitative estimate of drug-likeness (QED) is 0.743. The highest BCUT2D eigenvalue weighted by atomic mass is 16.5. The number of nitrogens with zero attached hydrogens (tertiary/aromatic N) is 1. The van der Waals surface area contributed by atoms with Crippen molar-refractivity contribution in [3.8, 4) is 11.8 Å². The third kappa shape index (κ3) is 1.61. The van der Waals surface area contributed by atoms with Crippen molar-refractivity contribution in [2.75, 3.05) is 7.11 Å². The zero-order chi connectivity index (χ0) is 12.6. The molecule has 0 bridgehead atoms. The maximum Gasteiger partial charge on any atom is 0.183 e. The van der Waals surface area contributed by atoms with Crippen molar-refractivity contribution in [3.05, 3.63) is 28.8 Å². The molecular weight excluding hydrogens is 214 g/mol. The van der Waals surface area contributed by atoms with Crippen LogP contribution in [0.4, 0.5) is 0 Å². The highest BCUT2D eigenvalue weighted by Crippen LogP contribution is 2.38. The van der Waals surface area contributed by atoms with Crippen LogP contribution in [0.25, 0.3) is 0 Å². The second-order valence-electron chi connectivity index (χ2n) is 4.69. The summed E-state index contributed by atoms with van der Waals surface area (Å²) in [6, 6.07) is 5.72. The van der Waals surface area contributed by atoms with Crippen molar-refractivity contribution in [3.63, 3.8) is 0 Å². The third-order valence-electron chi connectivity index (χ3n) is 3.64. The molecule has 1 aromatic carbocycles. The van der Waals surface area contributed by atoms with E-state index in [1.54, 1.807) is 26.2 Å². The van der Waals surface area contributed by atoms with E-state index in [1.807, 2.05) is 6.92 Å². The molecule has 0 fully saturated rings. The van der Waals surface area contributed by atoms with Crippen LogP contribution >= 0.6 is 0 Å². The summed E-state index contributed by atoms with van der Waals surface area (Å²) < 4.78 is 5.25. The molecule has 0 saturated heterocycles. The van der Waals surface area contributed by atoms with Crippen molar-refractivity contribution < 1.29 is 9.53 Å². The average molecular weight is 229 g/mol. The summed E-state index contributed by atoms with van der Waals surface area (Å²) in [5.74, 6) is 0.740. The molecule has 0 radical (unpaired) electrons. The van der Waals surface area contributed by atoms with Crippen LogP contribution in [0, 0.1) is 23.7 Å². The molecule has 0 aliphatic heterocycles. The van der Waals surface area contributed by atoms with E-state index in [0.717, 1.165) is 23.3 Å². The average Bonchev–Trinajstić information content (AvgIpc) is 2.34. The number of hydrogen-bond donors (Lipinski definition) is 0. The second-order valence-corrected chi connectivity index (χ2v) is 4.69. The molecule has 0 spiro atoms. The van der Waals surface area contributed by atoms with E-state index in [4.69, 9.17) is 10.00 Å². The van der Waals surface area contributed by atoms with Crippen molar-refractivity contribution in [2.45, 2.75) is 26.7 Å². The summed E-state index contributed by atoms with van der Waals surface area (Å²) in [4.78, 5) is 12.3. The normalized spacial score (nSPS) is 22.8. The van der Waals surface area contributed by atoms with E-state index in [2.05, 4.69) is 6.07 Å². The molecule has 1 atom stereocenters. The lowest BCUT2D eigenvalue weighted by atomic mass is 9.72.